The maximum atomic E-state index is 12.2. The molecule has 1 unspecified atom stereocenters. The van der Waals surface area contributed by atoms with Crippen LogP contribution < -0.4 is 15.8 Å². The average molecular weight is 327 g/mol. The molecule has 0 saturated carbocycles. The van der Waals surface area contributed by atoms with Gasteiger partial charge in [0.15, 0.2) is 0 Å². The fourth-order valence-corrected chi connectivity index (χ4v) is 2.23. The van der Waals surface area contributed by atoms with Gasteiger partial charge in [-0.1, -0.05) is 48.5 Å². The normalized spacial score (nSPS) is 12.0. The SMILES string of the molecule is CN(C)CCOc1ccccc1CNC(=O)C(N)c1ccccc1. The summed E-state index contributed by atoms with van der Waals surface area (Å²) in [6, 6.07) is 16.4. The zero-order valence-electron chi connectivity index (χ0n) is 14.2. The summed E-state index contributed by atoms with van der Waals surface area (Å²) in [6.45, 7) is 1.82. The minimum atomic E-state index is -0.673. The molecule has 0 fully saturated rings. The maximum Gasteiger partial charge on any atom is 0.241 e. The van der Waals surface area contributed by atoms with E-state index >= 15 is 0 Å². The number of ether oxygens (including phenoxy) is 1. The van der Waals surface area contributed by atoms with Crippen LogP contribution in [0.3, 0.4) is 0 Å². The van der Waals surface area contributed by atoms with E-state index < -0.39 is 6.04 Å². The number of amides is 1. The zero-order valence-corrected chi connectivity index (χ0v) is 14.2. The molecule has 0 spiro atoms. The molecular weight excluding hydrogens is 302 g/mol. The summed E-state index contributed by atoms with van der Waals surface area (Å²) in [5, 5.41) is 2.88. The molecule has 5 nitrogen and oxygen atoms in total. The van der Waals surface area contributed by atoms with Gasteiger partial charge in [0.25, 0.3) is 0 Å². The van der Waals surface area contributed by atoms with Crippen molar-refractivity contribution in [1.29, 1.82) is 0 Å². The number of carbonyl (C=O) groups is 1. The zero-order chi connectivity index (χ0) is 17.4. The Hall–Kier alpha value is -2.37. The third kappa shape index (κ3) is 5.37. The summed E-state index contributed by atoms with van der Waals surface area (Å²) in [5.41, 5.74) is 7.74. The number of hydrogen-bond acceptors (Lipinski definition) is 4. The Balaban J connectivity index is 1.92. The Morgan fingerprint density at radius 3 is 2.50 bits per heavy atom. The lowest BCUT2D eigenvalue weighted by Crippen LogP contribution is -2.33. The Kier molecular flexibility index (Phi) is 6.78. The van der Waals surface area contributed by atoms with Gasteiger partial charge in [0, 0.05) is 18.7 Å². The summed E-state index contributed by atoms with van der Waals surface area (Å²) in [4.78, 5) is 14.3. The lowest BCUT2D eigenvalue weighted by atomic mass is 10.1. The largest absolute Gasteiger partial charge is 0.492 e. The molecule has 0 bridgehead atoms. The number of nitrogens with one attached hydrogen (secondary N) is 1. The lowest BCUT2D eigenvalue weighted by Gasteiger charge is -2.16. The number of benzene rings is 2. The number of nitrogens with zero attached hydrogens (tertiary/aromatic N) is 1. The van der Waals surface area contributed by atoms with E-state index in [9.17, 15) is 4.79 Å². The molecule has 2 aromatic rings. The second-order valence-electron chi connectivity index (χ2n) is 5.87. The van der Waals surface area contributed by atoms with Crippen molar-refractivity contribution in [3.8, 4) is 5.75 Å². The van der Waals surface area contributed by atoms with E-state index in [1.807, 2.05) is 68.7 Å². The molecule has 0 aromatic heterocycles. The van der Waals surface area contributed by atoms with Crippen molar-refractivity contribution in [3.63, 3.8) is 0 Å². The van der Waals surface area contributed by atoms with Gasteiger partial charge in [0.1, 0.15) is 18.4 Å². The van der Waals surface area contributed by atoms with Crippen LogP contribution in [-0.2, 0) is 11.3 Å². The van der Waals surface area contributed by atoms with Crippen LogP contribution in [0.1, 0.15) is 17.2 Å². The van der Waals surface area contributed by atoms with E-state index in [4.69, 9.17) is 10.5 Å². The summed E-state index contributed by atoms with van der Waals surface area (Å²) < 4.78 is 5.80. The molecule has 24 heavy (non-hydrogen) atoms. The van der Waals surface area contributed by atoms with Crippen molar-refractivity contribution >= 4 is 5.91 Å². The summed E-state index contributed by atoms with van der Waals surface area (Å²) in [6.07, 6.45) is 0. The number of carbonyl (C=O) groups excluding carboxylic acids is 1. The number of para-hydroxylation sites is 1. The second kappa shape index (κ2) is 9.05. The highest BCUT2D eigenvalue weighted by Gasteiger charge is 2.15. The fraction of sp³-hybridized carbons (Fsp3) is 0.316. The average Bonchev–Trinajstić information content (AvgIpc) is 2.60. The summed E-state index contributed by atoms with van der Waals surface area (Å²) in [7, 11) is 4.00. The van der Waals surface area contributed by atoms with E-state index in [-0.39, 0.29) is 5.91 Å². The van der Waals surface area contributed by atoms with Crippen LogP contribution in [0.25, 0.3) is 0 Å². The van der Waals surface area contributed by atoms with Gasteiger partial charge in [0.05, 0.1) is 0 Å². The first-order chi connectivity index (χ1) is 11.6. The summed E-state index contributed by atoms with van der Waals surface area (Å²) >= 11 is 0. The monoisotopic (exact) mass is 327 g/mol. The van der Waals surface area contributed by atoms with Gasteiger partial charge in [-0.2, -0.15) is 0 Å². The Labute approximate surface area is 143 Å². The van der Waals surface area contributed by atoms with Gasteiger partial charge >= 0.3 is 0 Å². The fourth-order valence-electron chi connectivity index (χ4n) is 2.23. The standard InChI is InChI=1S/C19H25N3O2/c1-22(2)12-13-24-17-11-7-6-10-16(17)14-21-19(23)18(20)15-8-4-3-5-9-15/h3-11,18H,12-14,20H2,1-2H3,(H,21,23). The molecule has 2 aromatic carbocycles. The van der Waals surface area contributed by atoms with Crippen LogP contribution in [0.5, 0.6) is 5.75 Å². The highest BCUT2D eigenvalue weighted by Crippen LogP contribution is 2.18. The predicted molar refractivity (Wildman–Crippen MR) is 95.7 cm³/mol. The molecule has 0 aliphatic heterocycles. The molecule has 0 aliphatic rings. The van der Waals surface area contributed by atoms with Crippen LogP contribution in [0.4, 0.5) is 0 Å². The van der Waals surface area contributed by atoms with Gasteiger partial charge in [-0.15, -0.1) is 0 Å². The van der Waals surface area contributed by atoms with Crippen molar-refractivity contribution < 1.29 is 9.53 Å². The second-order valence-corrected chi connectivity index (χ2v) is 5.87. The minimum absolute atomic E-state index is 0.204. The molecule has 3 N–H and O–H groups in total. The van der Waals surface area contributed by atoms with E-state index in [1.54, 1.807) is 0 Å². The smallest absolute Gasteiger partial charge is 0.241 e. The quantitative estimate of drug-likeness (QED) is 0.777. The van der Waals surface area contributed by atoms with Crippen LogP contribution in [0.15, 0.2) is 54.6 Å². The molecule has 1 amide bonds. The minimum Gasteiger partial charge on any atom is -0.492 e. The third-order valence-corrected chi connectivity index (χ3v) is 3.66. The molecule has 5 heteroatoms. The number of rotatable bonds is 8. The Morgan fingerprint density at radius 2 is 1.79 bits per heavy atom. The predicted octanol–water partition coefficient (Wildman–Crippen LogP) is 1.94. The van der Waals surface area contributed by atoms with Gasteiger partial charge in [-0.25, -0.2) is 0 Å². The molecule has 0 heterocycles. The van der Waals surface area contributed by atoms with Crippen molar-refractivity contribution in [2.75, 3.05) is 27.2 Å². The van der Waals surface area contributed by atoms with Gasteiger partial charge in [0.2, 0.25) is 5.91 Å². The van der Waals surface area contributed by atoms with E-state index in [1.165, 1.54) is 0 Å². The van der Waals surface area contributed by atoms with Crippen LogP contribution in [-0.4, -0.2) is 38.1 Å². The highest BCUT2D eigenvalue weighted by molar-refractivity contribution is 5.82. The van der Waals surface area contributed by atoms with Crippen molar-refractivity contribution in [2.24, 2.45) is 5.73 Å². The molecule has 0 aliphatic carbocycles. The molecule has 0 saturated heterocycles. The molecular formula is C19H25N3O2. The number of likely N-dealkylation sites (N-methyl/N-ethyl adjacent to an activating group) is 1. The first-order valence-corrected chi connectivity index (χ1v) is 8.01. The van der Waals surface area contributed by atoms with Crippen molar-refractivity contribution in [2.45, 2.75) is 12.6 Å². The molecule has 2 rings (SSSR count). The van der Waals surface area contributed by atoms with Crippen LogP contribution in [0, 0.1) is 0 Å². The highest BCUT2D eigenvalue weighted by atomic mass is 16.5. The van der Waals surface area contributed by atoms with Gasteiger partial charge in [-0.05, 0) is 25.7 Å². The maximum absolute atomic E-state index is 12.2. The van der Waals surface area contributed by atoms with Crippen LogP contribution >= 0.6 is 0 Å². The van der Waals surface area contributed by atoms with E-state index in [0.29, 0.717) is 13.2 Å². The molecule has 0 radical (unpaired) electrons. The Bertz CT molecular complexity index is 644. The molecule has 128 valence electrons. The van der Waals surface area contributed by atoms with Crippen molar-refractivity contribution in [1.82, 2.24) is 10.2 Å². The van der Waals surface area contributed by atoms with Gasteiger partial charge < -0.3 is 20.7 Å². The number of hydrogen-bond donors (Lipinski definition) is 2. The Morgan fingerprint density at radius 1 is 1.12 bits per heavy atom. The van der Waals surface area contributed by atoms with E-state index in [0.717, 1.165) is 23.4 Å². The van der Waals surface area contributed by atoms with Crippen LogP contribution in [0.2, 0.25) is 0 Å². The van der Waals surface area contributed by atoms with Crippen molar-refractivity contribution in [3.05, 3.63) is 65.7 Å². The number of nitrogens with two attached hydrogens (primary N) is 1. The first-order valence-electron chi connectivity index (χ1n) is 8.01. The topological polar surface area (TPSA) is 67.6 Å². The van der Waals surface area contributed by atoms with Gasteiger partial charge in [-0.3, -0.25) is 4.79 Å². The molecule has 1 atom stereocenters. The summed E-state index contributed by atoms with van der Waals surface area (Å²) in [5.74, 6) is 0.581. The van der Waals surface area contributed by atoms with E-state index in [2.05, 4.69) is 10.2 Å². The lowest BCUT2D eigenvalue weighted by molar-refractivity contribution is -0.122. The first kappa shape index (κ1) is 18.0. The third-order valence-electron chi connectivity index (χ3n) is 3.66.